The molecule has 11 aromatic heterocycles. The first-order valence-electron chi connectivity index (χ1n) is 47.7. The summed E-state index contributed by atoms with van der Waals surface area (Å²) in [6, 6.07) is 157. The lowest BCUT2D eigenvalue weighted by Crippen LogP contribution is -1.97. The highest BCUT2D eigenvalue weighted by Crippen LogP contribution is 2.50. The van der Waals surface area contributed by atoms with Gasteiger partial charge in [-0.05, 0) is 176 Å². The normalized spacial score (nSPS) is 11.6. The van der Waals surface area contributed by atoms with Gasteiger partial charge in [0.2, 0.25) is 0 Å². The van der Waals surface area contributed by atoms with E-state index in [2.05, 4.69) is 270 Å². The summed E-state index contributed by atoms with van der Waals surface area (Å²) < 4.78 is 39.3. The average Bonchev–Trinajstić information content (AvgIpc) is 1.57. The van der Waals surface area contributed by atoms with Gasteiger partial charge in [0, 0.05) is 99.2 Å². The molecule has 0 aliphatic rings. The first-order valence-corrected chi connectivity index (χ1v) is 47.7. The molecule has 0 aliphatic carbocycles. The molecule has 674 valence electrons. The summed E-state index contributed by atoms with van der Waals surface area (Å²) in [5.41, 5.74) is 35.3. The Morgan fingerprint density at radius 3 is 0.785 bits per heavy atom. The summed E-state index contributed by atoms with van der Waals surface area (Å²) in [5.74, 6) is 1.75. The molecule has 0 amide bonds. The molecule has 18 aromatic carbocycles. The molecule has 29 aromatic rings. The van der Waals surface area contributed by atoms with Gasteiger partial charge in [-0.15, -0.1) is 10.2 Å². The number of fused-ring (bicyclic) bond motifs is 18. The second-order valence-electron chi connectivity index (χ2n) is 35.6. The predicted molar refractivity (Wildman–Crippen MR) is 579 cm³/mol. The third-order valence-corrected chi connectivity index (χ3v) is 26.9. The Morgan fingerprint density at radius 1 is 0.153 bits per heavy atom. The van der Waals surface area contributed by atoms with Crippen LogP contribution in [0.3, 0.4) is 0 Å². The topological polar surface area (TPSA) is 195 Å². The van der Waals surface area contributed by atoms with Crippen LogP contribution in [0.2, 0.25) is 0 Å². The van der Waals surface area contributed by atoms with E-state index in [0.717, 1.165) is 227 Å². The first kappa shape index (κ1) is 83.6. The standard InChI is InChI=1S/C46H28N2O2.C44H26N4O2.C39H23N3O2/c1-4-13-29(14-5-1)31-23-25-33(26-24-31)42-45-43(35-19-10-11-21-39(35)49-45)48-46(47-42)36-20-12-22-40-41(36)38-28-34(30-15-6-2-7-16-30)27-37(44(38)50-40)32-17-8-3-9-18-32;1-4-13-27(14-5-1)30-25-33(28-15-6-2-7-16-28)42-34(26-30)39-32(20-12-22-38(39)50-42)44-45-40-31-19-10-11-21-37(31)49-43(40)41(46-44)36-24-23-35(47-48-36)29-17-8-3-9-18-29;1-3-12-24(13-4-1)26-22-29(25-14-5-2-6-15-25)37-30(23-26)34-28(17-11-20-33(34)44-37)39-41-35-27-16-7-8-19-32(27)43-38(35)36(42-39)31-18-9-10-21-40-31/h1-28H;1-26H;1-23H. The van der Waals surface area contributed by atoms with Gasteiger partial charge < -0.3 is 26.5 Å². The van der Waals surface area contributed by atoms with E-state index in [4.69, 9.17) is 56.4 Å². The molecule has 0 saturated carbocycles. The number of hydrogen-bond acceptors (Lipinski definition) is 15. The van der Waals surface area contributed by atoms with Crippen LogP contribution in [-0.2, 0) is 0 Å². The van der Waals surface area contributed by atoms with Gasteiger partial charge in [0.1, 0.15) is 89.6 Å². The molecule has 0 aliphatic heterocycles. The van der Waals surface area contributed by atoms with Gasteiger partial charge in [0.15, 0.2) is 34.2 Å². The van der Waals surface area contributed by atoms with Crippen molar-refractivity contribution < 1.29 is 26.5 Å². The second kappa shape index (κ2) is 35.3. The van der Waals surface area contributed by atoms with E-state index >= 15 is 0 Å². The van der Waals surface area contributed by atoms with E-state index in [-0.39, 0.29) is 0 Å². The van der Waals surface area contributed by atoms with Gasteiger partial charge in [-0.2, -0.15) is 0 Å². The van der Waals surface area contributed by atoms with E-state index < -0.39 is 0 Å². The van der Waals surface area contributed by atoms with Crippen LogP contribution in [0.4, 0.5) is 0 Å². The molecule has 144 heavy (non-hydrogen) atoms. The van der Waals surface area contributed by atoms with E-state index in [0.29, 0.717) is 56.8 Å². The van der Waals surface area contributed by atoms with Crippen molar-refractivity contribution in [1.29, 1.82) is 0 Å². The molecule has 0 fully saturated rings. The third-order valence-electron chi connectivity index (χ3n) is 26.9. The number of nitrogens with zero attached hydrogens (tertiary/aromatic N) is 9. The fourth-order valence-electron chi connectivity index (χ4n) is 20.1. The van der Waals surface area contributed by atoms with Crippen molar-refractivity contribution >= 4 is 132 Å². The molecular formula is C129H77N9O6. The molecule has 0 radical (unpaired) electrons. The van der Waals surface area contributed by atoms with Crippen molar-refractivity contribution in [3.8, 4) is 157 Å². The fraction of sp³-hybridized carbons (Fsp3) is 0. The maximum Gasteiger partial charge on any atom is 0.181 e. The summed E-state index contributed by atoms with van der Waals surface area (Å²) in [5, 5.41) is 17.9. The number of hydrogen-bond donors (Lipinski definition) is 0. The van der Waals surface area contributed by atoms with Crippen LogP contribution >= 0.6 is 0 Å². The van der Waals surface area contributed by atoms with Crippen LogP contribution in [0.15, 0.2) is 494 Å². The maximum atomic E-state index is 6.73. The molecule has 0 spiro atoms. The van der Waals surface area contributed by atoms with Crippen molar-refractivity contribution in [3.63, 3.8) is 0 Å². The number of benzene rings is 18. The molecule has 0 N–H and O–H groups in total. The Hall–Kier alpha value is -19.8. The Bertz CT molecular complexity index is 9580. The van der Waals surface area contributed by atoms with E-state index in [1.54, 1.807) is 6.20 Å². The molecule has 15 heteroatoms. The first-order chi connectivity index (χ1) is 71.4. The molecule has 0 unspecified atom stereocenters. The average molecular weight is 1850 g/mol. The molecule has 0 atom stereocenters. The quantitative estimate of drug-likeness (QED) is 0.0996. The van der Waals surface area contributed by atoms with Crippen molar-refractivity contribution in [2.75, 3.05) is 0 Å². The Balaban J connectivity index is 0.000000108. The molecule has 29 rings (SSSR count). The van der Waals surface area contributed by atoms with Gasteiger partial charge >= 0.3 is 0 Å². The van der Waals surface area contributed by atoms with Gasteiger partial charge in [-0.25, -0.2) is 29.9 Å². The number of rotatable bonds is 14. The smallest absolute Gasteiger partial charge is 0.181 e. The predicted octanol–water partition coefficient (Wildman–Crippen LogP) is 34.3. The zero-order chi connectivity index (χ0) is 95.1. The van der Waals surface area contributed by atoms with E-state index in [1.165, 1.54) is 5.56 Å². The lowest BCUT2D eigenvalue weighted by Gasteiger charge is -2.10. The summed E-state index contributed by atoms with van der Waals surface area (Å²) >= 11 is 0. The minimum atomic E-state index is 0.549. The van der Waals surface area contributed by atoms with Crippen LogP contribution in [-0.4, -0.2) is 45.1 Å². The van der Waals surface area contributed by atoms with Crippen molar-refractivity contribution in [3.05, 3.63) is 467 Å². The van der Waals surface area contributed by atoms with Gasteiger partial charge in [-0.3, -0.25) is 4.98 Å². The minimum absolute atomic E-state index is 0.549. The Labute approximate surface area is 822 Å². The highest BCUT2D eigenvalue weighted by molar-refractivity contribution is 6.21. The van der Waals surface area contributed by atoms with Gasteiger partial charge in [0.05, 0.1) is 11.4 Å². The summed E-state index contributed by atoms with van der Waals surface area (Å²) in [7, 11) is 0. The lowest BCUT2D eigenvalue weighted by atomic mass is 9.95. The molecule has 15 nitrogen and oxygen atoms in total. The summed E-state index contributed by atoms with van der Waals surface area (Å²) in [4.78, 5) is 35.8. The Kier molecular flexibility index (Phi) is 20.5. The zero-order valence-corrected chi connectivity index (χ0v) is 76.9. The van der Waals surface area contributed by atoms with Gasteiger partial charge in [0.25, 0.3) is 0 Å². The van der Waals surface area contributed by atoms with Crippen LogP contribution < -0.4 is 0 Å². The minimum Gasteiger partial charge on any atom is -0.455 e. The Morgan fingerprint density at radius 2 is 0.431 bits per heavy atom. The largest absolute Gasteiger partial charge is 0.455 e. The van der Waals surface area contributed by atoms with Crippen molar-refractivity contribution in [2.45, 2.75) is 0 Å². The molecule has 0 saturated heterocycles. The van der Waals surface area contributed by atoms with Crippen LogP contribution in [0.25, 0.3) is 289 Å². The second-order valence-corrected chi connectivity index (χ2v) is 35.6. The van der Waals surface area contributed by atoms with E-state index in [9.17, 15) is 0 Å². The van der Waals surface area contributed by atoms with Gasteiger partial charge in [-0.1, -0.05) is 346 Å². The lowest BCUT2D eigenvalue weighted by molar-refractivity contribution is 0.666. The number of aromatic nitrogens is 9. The monoisotopic (exact) mass is 1850 g/mol. The van der Waals surface area contributed by atoms with Crippen molar-refractivity contribution in [1.82, 2.24) is 45.1 Å². The third kappa shape index (κ3) is 14.9. The number of para-hydroxylation sites is 3. The highest BCUT2D eigenvalue weighted by atomic mass is 16.4. The number of pyridine rings is 1. The zero-order valence-electron chi connectivity index (χ0n) is 76.9. The van der Waals surface area contributed by atoms with Crippen molar-refractivity contribution in [2.24, 2.45) is 0 Å². The highest BCUT2D eigenvalue weighted by Gasteiger charge is 2.29. The SMILES string of the molecule is c1ccc(-c2cc(-c3ccccc3)c3oc4cccc(-c5nc(-c6ccc(-c7ccccc7)nn6)c6oc7ccccc7c6n5)c4c3c2)cc1.c1ccc(-c2cc(-c3ccccc3)c3oc4cccc(-c5nc(-c6ccccn6)c6oc7ccccc7c6n5)c4c3c2)cc1.c1ccc(-c2ccc(-c3nc(-c4cccc5oc6c(-c7ccccc7)cc(-c7ccccc7)cc6c45)nc4c3oc3ccccc34)cc2)cc1. The summed E-state index contributed by atoms with van der Waals surface area (Å²) in [6.45, 7) is 0. The fourth-order valence-corrected chi connectivity index (χ4v) is 20.1. The maximum absolute atomic E-state index is 6.73. The van der Waals surface area contributed by atoms with Crippen LogP contribution in [0, 0.1) is 0 Å². The molecular weight excluding hydrogens is 1770 g/mol. The van der Waals surface area contributed by atoms with Crippen LogP contribution in [0.5, 0.6) is 0 Å². The molecule has 11 heterocycles. The molecule has 0 bridgehead atoms. The van der Waals surface area contributed by atoms with E-state index in [1.807, 2.05) is 206 Å². The van der Waals surface area contributed by atoms with Crippen LogP contribution in [0.1, 0.15) is 0 Å². The summed E-state index contributed by atoms with van der Waals surface area (Å²) in [6.07, 6.45) is 1.77. The number of furan rings is 6.